The van der Waals surface area contributed by atoms with Crippen molar-refractivity contribution in [3.8, 4) is 5.75 Å². The predicted molar refractivity (Wildman–Crippen MR) is 142 cm³/mol. The number of hydrogen-bond acceptors (Lipinski definition) is 7. The van der Waals surface area contributed by atoms with Gasteiger partial charge in [-0.2, -0.15) is 16.9 Å². The number of carbonyl (C=O) groups excluding carboxylic acids is 1. The van der Waals surface area contributed by atoms with Crippen LogP contribution in [0.1, 0.15) is 35.2 Å². The number of hydrogen-bond donors (Lipinski definition) is 1. The molecule has 0 aliphatic heterocycles. The molecule has 0 aromatic heterocycles. The Hall–Kier alpha value is -2.84. The molecule has 0 saturated heterocycles. The summed E-state index contributed by atoms with van der Waals surface area (Å²) < 4.78 is 11.0. The van der Waals surface area contributed by atoms with Gasteiger partial charge in [-0.3, -0.25) is 4.79 Å². The van der Waals surface area contributed by atoms with Gasteiger partial charge in [-0.15, -0.1) is 5.10 Å². The molecule has 1 amide bonds. The number of amides is 1. The fraction of sp³-hybridized carbons (Fsp3) is 0.423. The van der Waals surface area contributed by atoms with Gasteiger partial charge in [0.2, 0.25) is 5.90 Å². The molecule has 0 atom stereocenters. The number of unbranched alkanes of at least 4 members (excludes halogenated alkanes) is 1. The van der Waals surface area contributed by atoms with Crippen molar-refractivity contribution in [1.29, 1.82) is 0 Å². The average molecular weight is 485 g/mol. The first-order valence-corrected chi connectivity index (χ1v) is 12.7. The molecule has 34 heavy (non-hydrogen) atoms. The lowest BCUT2D eigenvalue weighted by molar-refractivity contribution is 0.0952. The van der Waals surface area contributed by atoms with Gasteiger partial charge in [-0.1, -0.05) is 30.3 Å². The Morgan fingerprint density at radius 1 is 1.06 bits per heavy atom. The van der Waals surface area contributed by atoms with Gasteiger partial charge >= 0.3 is 0 Å². The van der Waals surface area contributed by atoms with Crippen molar-refractivity contribution >= 4 is 29.8 Å². The molecule has 2 rings (SSSR count). The molecule has 2 aromatic carbocycles. The topological polar surface area (TPSA) is 75.5 Å². The molecule has 1 N–H and O–H groups in total. The number of thioether (sulfide) groups is 1. The summed E-state index contributed by atoms with van der Waals surface area (Å²) in [5.74, 6) is 3.10. The third-order valence-corrected chi connectivity index (χ3v) is 5.80. The largest absolute Gasteiger partial charge is 0.494 e. The molecule has 0 heterocycles. The minimum Gasteiger partial charge on any atom is -0.494 e. The van der Waals surface area contributed by atoms with Crippen LogP contribution in [0, 0.1) is 0 Å². The van der Waals surface area contributed by atoms with Gasteiger partial charge in [0.1, 0.15) is 5.75 Å². The lowest BCUT2D eigenvalue weighted by atomic mass is 10.1. The monoisotopic (exact) mass is 484 g/mol. The number of carbonyl (C=O) groups is 1. The zero-order valence-corrected chi connectivity index (χ0v) is 21.2. The summed E-state index contributed by atoms with van der Waals surface area (Å²) in [5.41, 5.74) is 1.50. The fourth-order valence-electron chi connectivity index (χ4n) is 2.88. The Bertz CT molecular complexity index is 887. The van der Waals surface area contributed by atoms with E-state index in [0.29, 0.717) is 23.8 Å². The summed E-state index contributed by atoms with van der Waals surface area (Å²) in [5, 5.41) is 11.2. The standard InChI is InChI=1S/C26H36N4O3S/c1-30(2)17-9-16-27-26(31)23-14-12-22(13-15-23)20-28-29-25(32-3)21-34-19-8-7-18-33-24-10-5-4-6-11-24/h4-6,10-15,20H,7-9,16-19,21H2,1-3H3,(H,27,31)/b28-20+,29-25-. The van der Waals surface area contributed by atoms with Crippen LogP contribution < -0.4 is 10.1 Å². The summed E-state index contributed by atoms with van der Waals surface area (Å²) >= 11 is 1.76. The highest BCUT2D eigenvalue weighted by molar-refractivity contribution is 7.99. The summed E-state index contributed by atoms with van der Waals surface area (Å²) in [7, 11) is 5.64. The highest BCUT2D eigenvalue weighted by Crippen LogP contribution is 2.10. The third-order valence-electron chi connectivity index (χ3n) is 4.77. The minimum absolute atomic E-state index is 0.0643. The van der Waals surface area contributed by atoms with Crippen molar-refractivity contribution in [3.05, 3.63) is 65.7 Å². The van der Waals surface area contributed by atoms with Crippen molar-refractivity contribution < 1.29 is 14.3 Å². The molecule has 184 valence electrons. The van der Waals surface area contributed by atoms with Crippen LogP contribution in [0.25, 0.3) is 0 Å². The molecule has 0 radical (unpaired) electrons. The van der Waals surface area contributed by atoms with E-state index >= 15 is 0 Å². The van der Waals surface area contributed by atoms with Gasteiger partial charge in [0, 0.05) is 12.1 Å². The molecule has 0 saturated carbocycles. The van der Waals surface area contributed by atoms with Gasteiger partial charge in [0.15, 0.2) is 0 Å². The number of ether oxygens (including phenoxy) is 2. The molecular formula is C26H36N4O3S. The van der Waals surface area contributed by atoms with Crippen LogP contribution in [0.4, 0.5) is 0 Å². The van der Waals surface area contributed by atoms with Gasteiger partial charge < -0.3 is 19.7 Å². The Morgan fingerprint density at radius 2 is 1.82 bits per heavy atom. The Morgan fingerprint density at radius 3 is 2.53 bits per heavy atom. The van der Waals surface area contributed by atoms with E-state index < -0.39 is 0 Å². The van der Waals surface area contributed by atoms with Crippen molar-refractivity contribution in [2.45, 2.75) is 19.3 Å². The normalized spacial score (nSPS) is 11.7. The van der Waals surface area contributed by atoms with E-state index in [1.165, 1.54) is 0 Å². The summed E-state index contributed by atoms with van der Waals surface area (Å²) in [6.07, 6.45) is 4.64. The van der Waals surface area contributed by atoms with Gasteiger partial charge in [-0.25, -0.2) is 0 Å². The maximum Gasteiger partial charge on any atom is 0.251 e. The smallest absolute Gasteiger partial charge is 0.251 e. The van der Waals surface area contributed by atoms with Gasteiger partial charge in [-0.05, 0) is 75.5 Å². The molecule has 0 fully saturated rings. The molecule has 0 spiro atoms. The van der Waals surface area contributed by atoms with E-state index in [4.69, 9.17) is 9.47 Å². The Kier molecular flexibility index (Phi) is 13.5. The van der Waals surface area contributed by atoms with Crippen LogP contribution in [0.15, 0.2) is 64.8 Å². The van der Waals surface area contributed by atoms with E-state index in [-0.39, 0.29) is 5.91 Å². The molecule has 7 nitrogen and oxygen atoms in total. The van der Waals surface area contributed by atoms with Gasteiger partial charge in [0.25, 0.3) is 5.91 Å². The zero-order chi connectivity index (χ0) is 24.4. The van der Waals surface area contributed by atoms with Crippen LogP contribution >= 0.6 is 11.8 Å². The summed E-state index contributed by atoms with van der Waals surface area (Å²) in [6.45, 7) is 2.33. The molecule has 2 aromatic rings. The first kappa shape index (κ1) is 27.4. The van der Waals surface area contributed by atoms with E-state index in [9.17, 15) is 4.79 Å². The number of methoxy groups -OCH3 is 1. The Balaban J connectivity index is 1.64. The minimum atomic E-state index is -0.0643. The van der Waals surface area contributed by atoms with Crippen molar-refractivity contribution in [3.63, 3.8) is 0 Å². The van der Waals surface area contributed by atoms with Crippen LogP contribution in [-0.2, 0) is 4.74 Å². The highest BCUT2D eigenvalue weighted by atomic mass is 32.2. The van der Waals surface area contributed by atoms with Crippen LogP contribution in [-0.4, -0.2) is 75.3 Å². The summed E-state index contributed by atoms with van der Waals surface area (Å²) in [6, 6.07) is 17.2. The quantitative estimate of drug-likeness (QED) is 0.176. The van der Waals surface area contributed by atoms with E-state index in [2.05, 4.69) is 20.4 Å². The molecule has 0 unspecified atom stereocenters. The number of benzene rings is 2. The maximum absolute atomic E-state index is 12.2. The number of nitrogens with zero attached hydrogens (tertiary/aromatic N) is 3. The van der Waals surface area contributed by atoms with Crippen LogP contribution in [0.2, 0.25) is 0 Å². The lowest BCUT2D eigenvalue weighted by Gasteiger charge is -2.09. The highest BCUT2D eigenvalue weighted by Gasteiger charge is 2.04. The third kappa shape index (κ3) is 11.9. The number of para-hydroxylation sites is 1. The Labute approximate surface area is 207 Å². The molecule has 8 heteroatoms. The van der Waals surface area contributed by atoms with Crippen LogP contribution in [0.3, 0.4) is 0 Å². The van der Waals surface area contributed by atoms with Gasteiger partial charge in [0.05, 0.1) is 25.7 Å². The SMILES string of the molecule is CO/C(CSCCCCOc1ccccc1)=N\N=C\c1ccc(C(=O)NCCCN(C)C)cc1. The van der Waals surface area contributed by atoms with E-state index in [0.717, 1.165) is 49.5 Å². The summed E-state index contributed by atoms with van der Waals surface area (Å²) in [4.78, 5) is 14.3. The van der Waals surface area contributed by atoms with Crippen molar-refractivity contribution in [2.24, 2.45) is 10.2 Å². The lowest BCUT2D eigenvalue weighted by Crippen LogP contribution is -2.27. The molecule has 0 aliphatic rings. The molecular weight excluding hydrogens is 448 g/mol. The maximum atomic E-state index is 12.2. The zero-order valence-electron chi connectivity index (χ0n) is 20.4. The second-order valence-corrected chi connectivity index (χ2v) is 9.00. The number of nitrogens with one attached hydrogen (secondary N) is 1. The first-order valence-electron chi connectivity index (χ1n) is 11.5. The van der Waals surface area contributed by atoms with Crippen molar-refractivity contribution in [2.75, 3.05) is 52.4 Å². The number of rotatable bonds is 15. The van der Waals surface area contributed by atoms with Crippen molar-refractivity contribution in [1.82, 2.24) is 10.2 Å². The van der Waals surface area contributed by atoms with Crippen LogP contribution in [0.5, 0.6) is 5.75 Å². The van der Waals surface area contributed by atoms with E-state index in [1.807, 2.05) is 56.6 Å². The molecule has 0 bridgehead atoms. The second kappa shape index (κ2) is 16.7. The molecule has 0 aliphatic carbocycles. The average Bonchev–Trinajstić information content (AvgIpc) is 2.85. The fourth-order valence-corrected chi connectivity index (χ4v) is 3.78. The second-order valence-electron chi connectivity index (χ2n) is 7.90. The predicted octanol–water partition coefficient (Wildman–Crippen LogP) is 4.34. The van der Waals surface area contributed by atoms with E-state index in [1.54, 1.807) is 37.2 Å². The first-order chi connectivity index (χ1) is 16.6.